The molecule has 0 saturated carbocycles. The molecule has 0 aliphatic rings. The van der Waals surface area contributed by atoms with Crippen molar-refractivity contribution in [2.24, 2.45) is 4.99 Å². The average molecular weight is 517 g/mol. The maximum atomic E-state index is 11.6. The minimum atomic E-state index is -3.13. The zero-order valence-corrected chi connectivity index (χ0v) is 19.6. The van der Waals surface area contributed by atoms with E-state index < -0.39 is 10.0 Å². The molecule has 0 radical (unpaired) electrons. The van der Waals surface area contributed by atoms with E-state index in [1.54, 1.807) is 0 Å². The maximum Gasteiger partial charge on any atom is 0.211 e. The fraction of sp³-hybridized carbons (Fsp3) is 0.588. The summed E-state index contributed by atoms with van der Waals surface area (Å²) in [6.07, 6.45) is 2.73. The van der Waals surface area contributed by atoms with Crippen molar-refractivity contribution < 1.29 is 8.42 Å². The molecule has 9 heteroatoms. The highest BCUT2D eigenvalue weighted by Gasteiger charge is 2.13. The number of halogens is 2. The molecule has 0 heterocycles. The highest BCUT2D eigenvalue weighted by atomic mass is 127. The summed E-state index contributed by atoms with van der Waals surface area (Å²) < 4.78 is 24.6. The number of guanidine groups is 1. The third-order valence-corrected chi connectivity index (χ3v) is 5.39. The summed E-state index contributed by atoms with van der Waals surface area (Å²) in [5, 5.41) is 7.24. The Kier molecular flexibility index (Phi) is 13.3. The first kappa shape index (κ1) is 25.4. The Morgan fingerprint density at radius 1 is 1.23 bits per heavy atom. The highest BCUT2D eigenvalue weighted by molar-refractivity contribution is 14.0. The number of nitrogens with one attached hydrogen (secondary N) is 2. The van der Waals surface area contributed by atoms with Crippen LogP contribution in [0.15, 0.2) is 29.3 Å². The molecule has 0 unspecified atom stereocenters. The molecule has 0 bridgehead atoms. The minimum Gasteiger partial charge on any atom is -0.357 e. The molecule has 0 aliphatic carbocycles. The summed E-state index contributed by atoms with van der Waals surface area (Å²) in [5.41, 5.74) is 1.10. The van der Waals surface area contributed by atoms with Crippen molar-refractivity contribution >= 4 is 51.6 Å². The van der Waals surface area contributed by atoms with Gasteiger partial charge in [0.15, 0.2) is 5.96 Å². The summed E-state index contributed by atoms with van der Waals surface area (Å²) in [4.78, 5) is 4.50. The van der Waals surface area contributed by atoms with Crippen LogP contribution in [0.5, 0.6) is 0 Å². The van der Waals surface area contributed by atoms with Crippen molar-refractivity contribution in [3.8, 4) is 0 Å². The lowest BCUT2D eigenvalue weighted by molar-refractivity contribution is 0.427. The van der Waals surface area contributed by atoms with Crippen LogP contribution < -0.4 is 10.6 Å². The summed E-state index contributed by atoms with van der Waals surface area (Å²) in [7, 11) is -3.13. The third-order valence-electron chi connectivity index (χ3n) is 3.65. The first-order chi connectivity index (χ1) is 11.9. The fourth-order valence-corrected chi connectivity index (χ4v) is 3.51. The Morgan fingerprint density at radius 3 is 2.50 bits per heavy atom. The first-order valence-electron chi connectivity index (χ1n) is 8.59. The van der Waals surface area contributed by atoms with Gasteiger partial charge in [-0.1, -0.05) is 36.7 Å². The lowest BCUT2D eigenvalue weighted by Crippen LogP contribution is -2.38. The van der Waals surface area contributed by atoms with Crippen LogP contribution in [0, 0.1) is 0 Å². The standard InChI is InChI=1S/C17H29ClN4O2S.HI/c1-4-19-17(20-12-8-14-22(5-2)25(3,23)24)21-13-11-15-9-6-7-10-16(15)18;/h6-7,9-10H,4-5,8,11-14H2,1-3H3,(H2,19,20,21);1H. The van der Waals surface area contributed by atoms with E-state index >= 15 is 0 Å². The van der Waals surface area contributed by atoms with Gasteiger partial charge in [-0.2, -0.15) is 0 Å². The van der Waals surface area contributed by atoms with E-state index in [2.05, 4.69) is 15.6 Å². The van der Waals surface area contributed by atoms with E-state index in [4.69, 9.17) is 11.6 Å². The largest absolute Gasteiger partial charge is 0.357 e. The van der Waals surface area contributed by atoms with E-state index in [0.717, 1.165) is 36.1 Å². The SMILES string of the molecule is CCNC(=NCCCN(CC)S(C)(=O)=O)NCCc1ccccc1Cl.I. The van der Waals surface area contributed by atoms with E-state index in [1.165, 1.54) is 10.6 Å². The van der Waals surface area contributed by atoms with Crippen LogP contribution in [0.2, 0.25) is 5.02 Å². The van der Waals surface area contributed by atoms with Gasteiger partial charge in [0.1, 0.15) is 0 Å². The minimum absolute atomic E-state index is 0. The molecule has 0 saturated heterocycles. The van der Waals surface area contributed by atoms with Gasteiger partial charge in [0, 0.05) is 37.7 Å². The van der Waals surface area contributed by atoms with E-state index in [1.807, 2.05) is 38.1 Å². The second kappa shape index (κ2) is 13.6. The number of rotatable bonds is 10. The Labute approximate surface area is 179 Å². The summed E-state index contributed by atoms with van der Waals surface area (Å²) in [5.74, 6) is 0.733. The first-order valence-corrected chi connectivity index (χ1v) is 10.8. The van der Waals surface area contributed by atoms with Gasteiger partial charge in [-0.15, -0.1) is 24.0 Å². The van der Waals surface area contributed by atoms with Crippen LogP contribution in [0.1, 0.15) is 25.8 Å². The smallest absolute Gasteiger partial charge is 0.211 e. The molecule has 1 aromatic rings. The average Bonchev–Trinajstić information content (AvgIpc) is 2.55. The lowest BCUT2D eigenvalue weighted by atomic mass is 10.1. The van der Waals surface area contributed by atoms with Gasteiger partial charge in [-0.3, -0.25) is 4.99 Å². The lowest BCUT2D eigenvalue weighted by Gasteiger charge is -2.17. The molecule has 0 amide bonds. The number of nitrogens with zero attached hydrogens (tertiary/aromatic N) is 2. The van der Waals surface area contributed by atoms with Crippen LogP contribution in [0.25, 0.3) is 0 Å². The van der Waals surface area contributed by atoms with E-state index in [9.17, 15) is 8.42 Å². The molecule has 0 fully saturated rings. The molecule has 1 rings (SSSR count). The number of hydrogen-bond acceptors (Lipinski definition) is 3. The molecular formula is C17H30ClIN4O2S. The Hall–Kier alpha value is -0.580. The van der Waals surface area contributed by atoms with Crippen molar-refractivity contribution in [1.29, 1.82) is 0 Å². The van der Waals surface area contributed by atoms with E-state index in [-0.39, 0.29) is 24.0 Å². The van der Waals surface area contributed by atoms with Crippen LogP contribution in [-0.2, 0) is 16.4 Å². The Balaban J connectivity index is 0.00000625. The quantitative estimate of drug-likeness (QED) is 0.217. The van der Waals surface area contributed by atoms with Crippen molar-refractivity contribution in [2.45, 2.75) is 26.7 Å². The Morgan fingerprint density at radius 2 is 1.92 bits per heavy atom. The van der Waals surface area contributed by atoms with E-state index in [0.29, 0.717) is 26.1 Å². The second-order valence-corrected chi connectivity index (χ2v) is 8.03. The number of sulfonamides is 1. The molecule has 26 heavy (non-hydrogen) atoms. The van der Waals surface area contributed by atoms with Crippen molar-refractivity contribution in [3.05, 3.63) is 34.9 Å². The van der Waals surface area contributed by atoms with Gasteiger partial charge in [0.2, 0.25) is 10.0 Å². The van der Waals surface area contributed by atoms with Crippen molar-refractivity contribution in [2.75, 3.05) is 39.0 Å². The second-order valence-electron chi connectivity index (χ2n) is 5.64. The van der Waals surface area contributed by atoms with Gasteiger partial charge in [0.25, 0.3) is 0 Å². The highest BCUT2D eigenvalue weighted by Crippen LogP contribution is 2.14. The topological polar surface area (TPSA) is 73.8 Å². The van der Waals surface area contributed by atoms with Gasteiger partial charge in [-0.05, 0) is 31.4 Å². The van der Waals surface area contributed by atoms with Crippen molar-refractivity contribution in [1.82, 2.24) is 14.9 Å². The predicted octanol–water partition coefficient (Wildman–Crippen LogP) is 2.73. The number of benzene rings is 1. The van der Waals surface area contributed by atoms with Crippen LogP contribution in [0.3, 0.4) is 0 Å². The zero-order chi connectivity index (χ0) is 18.7. The molecular weight excluding hydrogens is 487 g/mol. The Bertz CT molecular complexity index is 656. The fourth-order valence-electron chi connectivity index (χ4n) is 2.35. The summed E-state index contributed by atoms with van der Waals surface area (Å²) >= 11 is 6.16. The monoisotopic (exact) mass is 516 g/mol. The summed E-state index contributed by atoms with van der Waals surface area (Å²) in [6.45, 7) is 6.87. The maximum absolute atomic E-state index is 11.6. The van der Waals surface area contributed by atoms with Crippen LogP contribution >= 0.6 is 35.6 Å². The molecule has 0 aromatic heterocycles. The van der Waals surface area contributed by atoms with Gasteiger partial charge in [-0.25, -0.2) is 12.7 Å². The number of hydrogen-bond donors (Lipinski definition) is 2. The normalized spacial score (nSPS) is 12.0. The molecule has 0 atom stereocenters. The summed E-state index contributed by atoms with van der Waals surface area (Å²) in [6, 6.07) is 7.79. The van der Waals surface area contributed by atoms with Gasteiger partial charge < -0.3 is 10.6 Å². The molecule has 1 aromatic carbocycles. The molecule has 6 nitrogen and oxygen atoms in total. The molecule has 2 N–H and O–H groups in total. The van der Waals surface area contributed by atoms with Crippen LogP contribution in [-0.4, -0.2) is 57.7 Å². The predicted molar refractivity (Wildman–Crippen MR) is 121 cm³/mol. The zero-order valence-electron chi connectivity index (χ0n) is 15.7. The van der Waals surface area contributed by atoms with Crippen molar-refractivity contribution in [3.63, 3.8) is 0 Å². The third kappa shape index (κ3) is 9.94. The number of aliphatic imine (C=N–C) groups is 1. The van der Waals surface area contributed by atoms with Crippen LogP contribution in [0.4, 0.5) is 0 Å². The molecule has 150 valence electrons. The molecule has 0 spiro atoms. The van der Waals surface area contributed by atoms with Gasteiger partial charge in [0.05, 0.1) is 6.26 Å². The molecule has 0 aliphatic heterocycles. The van der Waals surface area contributed by atoms with Gasteiger partial charge >= 0.3 is 0 Å².